The summed E-state index contributed by atoms with van der Waals surface area (Å²) in [4.78, 5) is 0. The van der Waals surface area contributed by atoms with Crippen molar-refractivity contribution < 1.29 is 10.2 Å². The van der Waals surface area contributed by atoms with E-state index in [9.17, 15) is 10.2 Å². The van der Waals surface area contributed by atoms with Gasteiger partial charge < -0.3 is 10.2 Å². The molecule has 18 heavy (non-hydrogen) atoms. The zero-order chi connectivity index (χ0) is 14.2. The summed E-state index contributed by atoms with van der Waals surface area (Å²) >= 11 is 0. The summed E-state index contributed by atoms with van der Waals surface area (Å²) in [6.07, 6.45) is 6.87. The monoisotopic (exact) mass is 249 g/mol. The van der Waals surface area contributed by atoms with E-state index in [1.807, 2.05) is 26.0 Å². The molecule has 0 bridgehead atoms. The van der Waals surface area contributed by atoms with E-state index in [0.29, 0.717) is 6.42 Å². The first-order valence-electron chi connectivity index (χ1n) is 6.08. The van der Waals surface area contributed by atoms with Gasteiger partial charge in [-0.15, -0.1) is 0 Å². The van der Waals surface area contributed by atoms with E-state index >= 15 is 0 Å². The van der Waals surface area contributed by atoms with Crippen LogP contribution in [0.5, 0.6) is 0 Å². The smallest absolute Gasteiger partial charge is 0.101 e. The van der Waals surface area contributed by atoms with Gasteiger partial charge in [-0.2, -0.15) is 5.26 Å². The number of hydrogen-bond acceptors (Lipinski definition) is 3. The number of nitriles is 1. The van der Waals surface area contributed by atoms with Crippen molar-refractivity contribution in [3.63, 3.8) is 0 Å². The van der Waals surface area contributed by atoms with Crippen molar-refractivity contribution >= 4 is 0 Å². The summed E-state index contributed by atoms with van der Waals surface area (Å²) < 4.78 is 0. The van der Waals surface area contributed by atoms with Gasteiger partial charge in [0, 0.05) is 6.08 Å². The number of hydrogen-bond donors (Lipinski definition) is 2. The summed E-state index contributed by atoms with van der Waals surface area (Å²) in [7, 11) is 0. The molecule has 2 unspecified atom stereocenters. The van der Waals surface area contributed by atoms with Crippen LogP contribution in [0.2, 0.25) is 0 Å². The highest BCUT2D eigenvalue weighted by atomic mass is 16.3. The summed E-state index contributed by atoms with van der Waals surface area (Å²) in [6, 6.07) is 1.91. The van der Waals surface area contributed by atoms with Crippen LogP contribution in [0.3, 0.4) is 0 Å². The fourth-order valence-electron chi connectivity index (χ4n) is 1.40. The third-order valence-corrected chi connectivity index (χ3v) is 2.67. The zero-order valence-electron chi connectivity index (χ0n) is 11.6. The number of aliphatic hydroxyl groups is 2. The van der Waals surface area contributed by atoms with Gasteiger partial charge in [0.1, 0.15) is 6.10 Å². The Morgan fingerprint density at radius 2 is 2.00 bits per heavy atom. The summed E-state index contributed by atoms with van der Waals surface area (Å²) in [5.74, 6) is 0. The molecular formula is C15H23NO2. The van der Waals surface area contributed by atoms with Crippen molar-refractivity contribution in [2.45, 2.75) is 52.2 Å². The molecule has 0 aliphatic heterocycles. The quantitative estimate of drug-likeness (QED) is 0.432. The zero-order valence-corrected chi connectivity index (χ0v) is 11.6. The Morgan fingerprint density at radius 3 is 2.50 bits per heavy atom. The fraction of sp³-hybridized carbons (Fsp3) is 0.533. The second-order valence-corrected chi connectivity index (χ2v) is 5.00. The lowest BCUT2D eigenvalue weighted by Gasteiger charge is -2.26. The highest BCUT2D eigenvalue weighted by Gasteiger charge is 2.27. The topological polar surface area (TPSA) is 64.2 Å². The third kappa shape index (κ3) is 7.05. The first-order chi connectivity index (χ1) is 8.29. The fourth-order valence-corrected chi connectivity index (χ4v) is 1.40. The molecule has 0 radical (unpaired) electrons. The summed E-state index contributed by atoms with van der Waals surface area (Å²) in [6.45, 7) is 7.39. The molecule has 0 aromatic rings. The first kappa shape index (κ1) is 16.6. The second kappa shape index (κ2) is 7.86. The molecule has 0 rings (SSSR count). The highest BCUT2D eigenvalue weighted by Crippen LogP contribution is 2.19. The maximum atomic E-state index is 10.1. The lowest BCUT2D eigenvalue weighted by atomic mass is 9.92. The maximum absolute atomic E-state index is 10.1. The van der Waals surface area contributed by atoms with E-state index in [1.54, 1.807) is 19.9 Å². The number of aliphatic hydroxyl groups excluding tert-OH is 1. The Labute approximate surface area is 110 Å². The minimum atomic E-state index is -1.16. The van der Waals surface area contributed by atoms with Crippen LogP contribution in [0.25, 0.3) is 0 Å². The Kier molecular flexibility index (Phi) is 7.26. The van der Waals surface area contributed by atoms with Crippen LogP contribution in [0.1, 0.15) is 40.5 Å². The second-order valence-electron chi connectivity index (χ2n) is 5.00. The van der Waals surface area contributed by atoms with E-state index in [4.69, 9.17) is 5.26 Å². The van der Waals surface area contributed by atoms with Gasteiger partial charge >= 0.3 is 0 Å². The average molecular weight is 249 g/mol. The molecule has 0 aromatic carbocycles. The number of nitrogens with zero attached hydrogens (tertiary/aromatic N) is 1. The van der Waals surface area contributed by atoms with Crippen LogP contribution in [0, 0.1) is 11.3 Å². The molecule has 0 aliphatic carbocycles. The van der Waals surface area contributed by atoms with Gasteiger partial charge in [-0.05, 0) is 46.1 Å². The summed E-state index contributed by atoms with van der Waals surface area (Å²) in [5, 5.41) is 28.5. The van der Waals surface area contributed by atoms with Gasteiger partial charge in [0.05, 0.1) is 11.7 Å². The largest absolute Gasteiger partial charge is 0.387 e. The molecule has 2 atom stereocenters. The molecular weight excluding hydrogens is 226 g/mol. The minimum Gasteiger partial charge on any atom is -0.387 e. The van der Waals surface area contributed by atoms with E-state index in [1.165, 1.54) is 17.7 Å². The van der Waals surface area contributed by atoms with E-state index in [-0.39, 0.29) is 0 Å². The molecule has 0 spiro atoms. The Bertz CT molecular complexity index is 380. The lowest BCUT2D eigenvalue weighted by Crippen LogP contribution is -2.37. The molecule has 3 heteroatoms. The molecule has 0 saturated heterocycles. The molecule has 3 nitrogen and oxygen atoms in total. The van der Waals surface area contributed by atoms with Crippen LogP contribution in [0.15, 0.2) is 35.5 Å². The van der Waals surface area contributed by atoms with Crippen molar-refractivity contribution in [1.29, 1.82) is 5.26 Å². The number of allylic oxidation sites excluding steroid dienone is 5. The van der Waals surface area contributed by atoms with Crippen LogP contribution in [0.4, 0.5) is 0 Å². The van der Waals surface area contributed by atoms with E-state index in [2.05, 4.69) is 0 Å². The lowest BCUT2D eigenvalue weighted by molar-refractivity contribution is -0.0427. The van der Waals surface area contributed by atoms with Crippen molar-refractivity contribution in [3.05, 3.63) is 35.5 Å². The van der Waals surface area contributed by atoms with E-state index in [0.717, 1.165) is 12.0 Å². The van der Waals surface area contributed by atoms with Gasteiger partial charge in [-0.3, -0.25) is 0 Å². The molecule has 100 valence electrons. The van der Waals surface area contributed by atoms with Crippen LogP contribution < -0.4 is 0 Å². The van der Waals surface area contributed by atoms with Crippen LogP contribution in [-0.4, -0.2) is 21.9 Å². The first-order valence-corrected chi connectivity index (χ1v) is 6.08. The highest BCUT2D eigenvalue weighted by molar-refractivity contribution is 5.23. The Hall–Kier alpha value is -1.37. The van der Waals surface area contributed by atoms with Gasteiger partial charge in [0.15, 0.2) is 0 Å². The molecule has 0 aromatic heterocycles. The maximum Gasteiger partial charge on any atom is 0.101 e. The molecule has 0 saturated carbocycles. The van der Waals surface area contributed by atoms with Gasteiger partial charge in [-0.1, -0.05) is 23.8 Å². The number of rotatable bonds is 6. The van der Waals surface area contributed by atoms with Crippen molar-refractivity contribution in [2.24, 2.45) is 0 Å². The average Bonchev–Trinajstić information content (AvgIpc) is 2.25. The van der Waals surface area contributed by atoms with Crippen molar-refractivity contribution in [2.75, 3.05) is 0 Å². The van der Waals surface area contributed by atoms with E-state index < -0.39 is 11.7 Å². The van der Waals surface area contributed by atoms with Crippen molar-refractivity contribution in [3.8, 4) is 6.07 Å². The predicted octanol–water partition coefficient (Wildman–Crippen LogP) is 2.87. The normalized spacial score (nSPS) is 17.1. The molecule has 2 N–H and O–H groups in total. The molecule has 0 aliphatic rings. The SMILES string of the molecule is CC(C)=CCCC(C)(O)C(O)C=CC(C)=CC#N. The van der Waals surface area contributed by atoms with Crippen molar-refractivity contribution in [1.82, 2.24) is 0 Å². The summed E-state index contributed by atoms with van der Waals surface area (Å²) in [5.41, 5.74) is 0.787. The molecule has 0 heterocycles. The van der Waals surface area contributed by atoms with Gasteiger partial charge in [-0.25, -0.2) is 0 Å². The standard InChI is InChI=1S/C15H23NO2/c1-12(2)6-5-10-15(4,18)14(17)8-7-13(3)9-11-16/h6-9,14,17-18H,5,10H2,1-4H3. The van der Waals surface area contributed by atoms with Gasteiger partial charge in [0.25, 0.3) is 0 Å². The Morgan fingerprint density at radius 1 is 1.39 bits per heavy atom. The third-order valence-electron chi connectivity index (χ3n) is 2.67. The predicted molar refractivity (Wildman–Crippen MR) is 73.8 cm³/mol. The molecule has 0 amide bonds. The van der Waals surface area contributed by atoms with Crippen LogP contribution >= 0.6 is 0 Å². The Balaban J connectivity index is 4.48. The van der Waals surface area contributed by atoms with Crippen LogP contribution in [-0.2, 0) is 0 Å². The van der Waals surface area contributed by atoms with Gasteiger partial charge in [0.2, 0.25) is 0 Å². The molecule has 0 fully saturated rings. The minimum absolute atomic E-state index is 0.491.